The maximum absolute atomic E-state index is 5.95. The van der Waals surface area contributed by atoms with E-state index in [0.717, 1.165) is 56.2 Å². The molecule has 0 bridgehead atoms. The number of nitrogens with one attached hydrogen (secondary N) is 1. The van der Waals surface area contributed by atoms with E-state index in [0.29, 0.717) is 0 Å². The van der Waals surface area contributed by atoms with E-state index >= 15 is 0 Å². The summed E-state index contributed by atoms with van der Waals surface area (Å²) in [6, 6.07) is 16.4. The minimum Gasteiger partial charge on any atom is -0.494 e. The molecule has 0 fully saturated rings. The SMILES string of the molecule is CCCCCOc1ccccc1CNc1cccc(OCCCC)c1. The average molecular weight is 341 g/mol. The van der Waals surface area contributed by atoms with Gasteiger partial charge >= 0.3 is 0 Å². The summed E-state index contributed by atoms with van der Waals surface area (Å²) in [5.74, 6) is 1.89. The van der Waals surface area contributed by atoms with Crippen molar-refractivity contribution in [2.24, 2.45) is 0 Å². The van der Waals surface area contributed by atoms with Crippen molar-refractivity contribution in [3.8, 4) is 11.5 Å². The van der Waals surface area contributed by atoms with Gasteiger partial charge in [-0.3, -0.25) is 0 Å². The number of rotatable bonds is 12. The number of hydrogen-bond donors (Lipinski definition) is 1. The second-order valence-corrected chi connectivity index (χ2v) is 6.25. The van der Waals surface area contributed by atoms with E-state index in [-0.39, 0.29) is 0 Å². The molecule has 3 heteroatoms. The molecule has 1 N–H and O–H groups in total. The van der Waals surface area contributed by atoms with Crippen LogP contribution < -0.4 is 14.8 Å². The Morgan fingerprint density at radius 3 is 2.44 bits per heavy atom. The Morgan fingerprint density at radius 2 is 1.60 bits per heavy atom. The summed E-state index contributed by atoms with van der Waals surface area (Å²) >= 11 is 0. The van der Waals surface area contributed by atoms with Gasteiger partial charge in [0.25, 0.3) is 0 Å². The zero-order chi connectivity index (χ0) is 17.7. The third kappa shape index (κ3) is 7.08. The Kier molecular flexibility index (Phi) is 8.74. The maximum atomic E-state index is 5.95. The van der Waals surface area contributed by atoms with E-state index in [1.807, 2.05) is 24.3 Å². The van der Waals surface area contributed by atoms with Gasteiger partial charge in [-0.2, -0.15) is 0 Å². The van der Waals surface area contributed by atoms with Crippen LogP contribution in [0, 0.1) is 0 Å². The van der Waals surface area contributed by atoms with Crippen LogP contribution in [0.15, 0.2) is 48.5 Å². The van der Waals surface area contributed by atoms with Crippen LogP contribution in [0.5, 0.6) is 11.5 Å². The van der Waals surface area contributed by atoms with E-state index in [2.05, 4.69) is 43.4 Å². The molecule has 0 aliphatic heterocycles. The summed E-state index contributed by atoms with van der Waals surface area (Å²) in [5.41, 5.74) is 2.24. The molecular weight excluding hydrogens is 310 g/mol. The first kappa shape index (κ1) is 19.2. The van der Waals surface area contributed by atoms with Gasteiger partial charge in [-0.15, -0.1) is 0 Å². The van der Waals surface area contributed by atoms with Gasteiger partial charge in [0, 0.05) is 23.9 Å². The largest absolute Gasteiger partial charge is 0.494 e. The molecule has 0 saturated heterocycles. The fourth-order valence-electron chi connectivity index (χ4n) is 2.55. The van der Waals surface area contributed by atoms with Gasteiger partial charge < -0.3 is 14.8 Å². The molecule has 136 valence electrons. The number of hydrogen-bond acceptors (Lipinski definition) is 3. The summed E-state index contributed by atoms with van der Waals surface area (Å²) in [7, 11) is 0. The molecular formula is C22H31NO2. The lowest BCUT2D eigenvalue weighted by atomic mass is 10.2. The molecule has 0 radical (unpaired) electrons. The summed E-state index contributed by atoms with van der Waals surface area (Å²) in [6.45, 7) is 6.67. The van der Waals surface area contributed by atoms with Gasteiger partial charge in [0.2, 0.25) is 0 Å². The zero-order valence-corrected chi connectivity index (χ0v) is 15.6. The highest BCUT2D eigenvalue weighted by molar-refractivity contribution is 5.49. The van der Waals surface area contributed by atoms with Crippen molar-refractivity contribution in [1.29, 1.82) is 0 Å². The molecule has 0 saturated carbocycles. The second-order valence-electron chi connectivity index (χ2n) is 6.25. The molecule has 0 unspecified atom stereocenters. The first-order valence-corrected chi connectivity index (χ1v) is 9.51. The standard InChI is InChI=1S/C22H31NO2/c1-3-5-9-16-25-22-14-8-7-11-19(22)18-23-20-12-10-13-21(17-20)24-15-6-4-2/h7-8,10-14,17,23H,3-6,9,15-16,18H2,1-2H3. The van der Waals surface area contributed by atoms with Crippen LogP contribution in [0.1, 0.15) is 51.5 Å². The number of benzene rings is 2. The van der Waals surface area contributed by atoms with Crippen LogP contribution in [-0.4, -0.2) is 13.2 Å². The minimum absolute atomic E-state index is 0.738. The first-order chi connectivity index (χ1) is 12.3. The van der Waals surface area contributed by atoms with Gasteiger partial charge in [-0.25, -0.2) is 0 Å². The Bertz CT molecular complexity index is 612. The topological polar surface area (TPSA) is 30.5 Å². The van der Waals surface area contributed by atoms with Crippen LogP contribution in [0.2, 0.25) is 0 Å². The van der Waals surface area contributed by atoms with E-state index in [1.54, 1.807) is 0 Å². The number of ether oxygens (including phenoxy) is 2. The number of unbranched alkanes of at least 4 members (excludes halogenated alkanes) is 3. The molecule has 2 rings (SSSR count). The van der Waals surface area contributed by atoms with Crippen molar-refractivity contribution in [3.05, 3.63) is 54.1 Å². The highest BCUT2D eigenvalue weighted by atomic mass is 16.5. The van der Waals surface area contributed by atoms with Gasteiger partial charge in [0.15, 0.2) is 0 Å². The Labute approximate surface area is 152 Å². The zero-order valence-electron chi connectivity index (χ0n) is 15.6. The summed E-state index contributed by atoms with van der Waals surface area (Å²) < 4.78 is 11.7. The molecule has 3 nitrogen and oxygen atoms in total. The molecule has 0 heterocycles. The molecule has 2 aromatic carbocycles. The third-order valence-electron chi connectivity index (χ3n) is 4.06. The van der Waals surface area contributed by atoms with Crippen LogP contribution in [0.3, 0.4) is 0 Å². The monoisotopic (exact) mass is 341 g/mol. The molecule has 0 spiro atoms. The second kappa shape index (κ2) is 11.4. The average Bonchev–Trinajstić information content (AvgIpc) is 2.65. The van der Waals surface area contributed by atoms with Gasteiger partial charge in [0.1, 0.15) is 11.5 Å². The van der Waals surface area contributed by atoms with Gasteiger partial charge in [0.05, 0.1) is 13.2 Å². The van der Waals surface area contributed by atoms with Crippen LogP contribution in [0.4, 0.5) is 5.69 Å². The van der Waals surface area contributed by atoms with Crippen molar-refractivity contribution in [1.82, 2.24) is 0 Å². The molecule has 0 aliphatic rings. The lowest BCUT2D eigenvalue weighted by Crippen LogP contribution is -2.05. The van der Waals surface area contributed by atoms with E-state index < -0.39 is 0 Å². The van der Waals surface area contributed by atoms with Crippen LogP contribution >= 0.6 is 0 Å². The lowest BCUT2D eigenvalue weighted by molar-refractivity contribution is 0.303. The smallest absolute Gasteiger partial charge is 0.124 e. The molecule has 2 aromatic rings. The quantitative estimate of drug-likeness (QED) is 0.477. The van der Waals surface area contributed by atoms with Crippen LogP contribution in [-0.2, 0) is 6.54 Å². The summed E-state index contributed by atoms with van der Waals surface area (Å²) in [4.78, 5) is 0. The van der Waals surface area contributed by atoms with Gasteiger partial charge in [-0.05, 0) is 31.0 Å². The molecule has 0 aromatic heterocycles. The lowest BCUT2D eigenvalue weighted by Gasteiger charge is -2.13. The maximum Gasteiger partial charge on any atom is 0.124 e. The number of para-hydroxylation sites is 1. The van der Waals surface area contributed by atoms with Crippen molar-refractivity contribution in [3.63, 3.8) is 0 Å². The Morgan fingerprint density at radius 1 is 0.800 bits per heavy atom. The predicted octanol–water partition coefficient (Wildman–Crippen LogP) is 6.05. The highest BCUT2D eigenvalue weighted by Crippen LogP contribution is 2.22. The molecule has 0 aliphatic carbocycles. The fraction of sp³-hybridized carbons (Fsp3) is 0.455. The van der Waals surface area contributed by atoms with Gasteiger partial charge in [-0.1, -0.05) is 57.4 Å². The fourth-order valence-corrected chi connectivity index (χ4v) is 2.55. The van der Waals surface area contributed by atoms with E-state index in [9.17, 15) is 0 Å². The molecule has 25 heavy (non-hydrogen) atoms. The van der Waals surface area contributed by atoms with Crippen molar-refractivity contribution < 1.29 is 9.47 Å². The van der Waals surface area contributed by atoms with E-state index in [1.165, 1.54) is 18.4 Å². The number of anilines is 1. The van der Waals surface area contributed by atoms with Crippen molar-refractivity contribution in [2.45, 2.75) is 52.5 Å². The molecule has 0 amide bonds. The Balaban J connectivity index is 1.89. The normalized spacial score (nSPS) is 10.5. The third-order valence-corrected chi connectivity index (χ3v) is 4.06. The van der Waals surface area contributed by atoms with Crippen LogP contribution in [0.25, 0.3) is 0 Å². The predicted molar refractivity (Wildman–Crippen MR) is 106 cm³/mol. The minimum atomic E-state index is 0.738. The Hall–Kier alpha value is -2.16. The highest BCUT2D eigenvalue weighted by Gasteiger charge is 2.04. The van der Waals surface area contributed by atoms with Crippen molar-refractivity contribution >= 4 is 5.69 Å². The van der Waals surface area contributed by atoms with Crippen molar-refractivity contribution in [2.75, 3.05) is 18.5 Å². The van der Waals surface area contributed by atoms with E-state index in [4.69, 9.17) is 9.47 Å². The molecule has 0 atom stereocenters. The summed E-state index contributed by atoms with van der Waals surface area (Å²) in [5, 5.41) is 3.47. The summed E-state index contributed by atoms with van der Waals surface area (Å²) in [6.07, 6.45) is 5.76. The first-order valence-electron chi connectivity index (χ1n) is 9.51.